The molecule has 106 valence electrons. The van der Waals surface area contributed by atoms with Crippen LogP contribution in [0.3, 0.4) is 0 Å². The van der Waals surface area contributed by atoms with Crippen molar-refractivity contribution >= 4 is 12.0 Å². The first-order valence-corrected chi connectivity index (χ1v) is 6.37. The molecule has 2 amide bonds. The van der Waals surface area contributed by atoms with Crippen molar-refractivity contribution in [1.82, 2.24) is 15.2 Å². The SMILES string of the molecule is CCN1C(=O)N[C@H](c2cccnc2)C(C(=O)OC)=C1C. The molecular formula is C14H17N3O3. The molecular weight excluding hydrogens is 258 g/mol. The molecule has 20 heavy (non-hydrogen) atoms. The van der Waals surface area contributed by atoms with Crippen LogP contribution in [-0.2, 0) is 9.53 Å². The highest BCUT2D eigenvalue weighted by Gasteiger charge is 2.35. The van der Waals surface area contributed by atoms with Gasteiger partial charge in [-0.15, -0.1) is 0 Å². The molecule has 0 radical (unpaired) electrons. The number of methoxy groups -OCH3 is 1. The first kappa shape index (κ1) is 14.0. The maximum absolute atomic E-state index is 12.1. The van der Waals surface area contributed by atoms with E-state index < -0.39 is 12.0 Å². The van der Waals surface area contributed by atoms with Crippen LogP contribution in [0.1, 0.15) is 25.5 Å². The number of rotatable bonds is 3. The lowest BCUT2D eigenvalue weighted by Crippen LogP contribution is -2.47. The van der Waals surface area contributed by atoms with E-state index in [0.29, 0.717) is 17.8 Å². The maximum Gasteiger partial charge on any atom is 0.337 e. The minimum absolute atomic E-state index is 0.230. The first-order valence-electron chi connectivity index (χ1n) is 6.37. The molecule has 1 atom stereocenters. The summed E-state index contributed by atoms with van der Waals surface area (Å²) in [6, 6.07) is 2.81. The summed E-state index contributed by atoms with van der Waals surface area (Å²) in [6.45, 7) is 4.08. The molecule has 6 heteroatoms. The molecule has 1 aromatic heterocycles. The molecule has 0 aliphatic carbocycles. The number of allylic oxidation sites excluding steroid dienone is 1. The van der Waals surface area contributed by atoms with E-state index >= 15 is 0 Å². The van der Waals surface area contributed by atoms with Crippen LogP contribution in [0.15, 0.2) is 35.8 Å². The van der Waals surface area contributed by atoms with Gasteiger partial charge in [0.25, 0.3) is 0 Å². The van der Waals surface area contributed by atoms with E-state index in [1.807, 2.05) is 13.0 Å². The van der Waals surface area contributed by atoms with Crippen molar-refractivity contribution in [3.63, 3.8) is 0 Å². The van der Waals surface area contributed by atoms with Gasteiger partial charge >= 0.3 is 12.0 Å². The topological polar surface area (TPSA) is 71.5 Å². The van der Waals surface area contributed by atoms with Gasteiger partial charge in [-0.05, 0) is 25.5 Å². The molecule has 1 aromatic rings. The lowest BCUT2D eigenvalue weighted by molar-refractivity contribution is -0.136. The number of urea groups is 1. The summed E-state index contributed by atoms with van der Waals surface area (Å²) in [5, 5.41) is 2.82. The van der Waals surface area contributed by atoms with Crippen molar-refractivity contribution in [2.45, 2.75) is 19.9 Å². The monoisotopic (exact) mass is 275 g/mol. The predicted octanol–water partition coefficient (Wildman–Crippen LogP) is 1.61. The fourth-order valence-corrected chi connectivity index (χ4v) is 2.33. The van der Waals surface area contributed by atoms with Gasteiger partial charge in [-0.1, -0.05) is 6.07 Å². The molecule has 0 saturated heterocycles. The Morgan fingerprint density at radius 2 is 2.30 bits per heavy atom. The Morgan fingerprint density at radius 1 is 1.55 bits per heavy atom. The standard InChI is InChI=1S/C14H17N3O3/c1-4-17-9(2)11(13(18)20-3)12(16-14(17)19)10-6-5-7-15-8-10/h5-8,12H,4H2,1-3H3,(H,16,19)/t12-/m1/s1. The number of aromatic nitrogens is 1. The second-order valence-electron chi connectivity index (χ2n) is 4.40. The van der Waals surface area contributed by atoms with E-state index in [2.05, 4.69) is 10.3 Å². The van der Waals surface area contributed by atoms with Crippen LogP contribution < -0.4 is 5.32 Å². The van der Waals surface area contributed by atoms with Crippen LogP contribution in [0.25, 0.3) is 0 Å². The first-order chi connectivity index (χ1) is 9.60. The molecule has 0 bridgehead atoms. The molecule has 0 fully saturated rings. The molecule has 1 N–H and O–H groups in total. The number of ether oxygens (including phenoxy) is 1. The lowest BCUT2D eigenvalue weighted by Gasteiger charge is -2.34. The van der Waals surface area contributed by atoms with Gasteiger partial charge in [0.1, 0.15) is 0 Å². The molecule has 0 aromatic carbocycles. The number of hydrogen-bond acceptors (Lipinski definition) is 4. The average molecular weight is 275 g/mol. The molecule has 6 nitrogen and oxygen atoms in total. The summed E-state index contributed by atoms with van der Waals surface area (Å²) < 4.78 is 4.84. The molecule has 1 aliphatic heterocycles. The fourth-order valence-electron chi connectivity index (χ4n) is 2.33. The van der Waals surface area contributed by atoms with E-state index in [1.54, 1.807) is 25.4 Å². The van der Waals surface area contributed by atoms with Crippen molar-refractivity contribution < 1.29 is 14.3 Å². The van der Waals surface area contributed by atoms with Crippen molar-refractivity contribution in [3.8, 4) is 0 Å². The summed E-state index contributed by atoms with van der Waals surface area (Å²) in [5.74, 6) is -0.449. The highest BCUT2D eigenvalue weighted by Crippen LogP contribution is 2.30. The van der Waals surface area contributed by atoms with Crippen molar-refractivity contribution in [3.05, 3.63) is 41.4 Å². The minimum Gasteiger partial charge on any atom is -0.466 e. The molecule has 2 rings (SSSR count). The number of amides is 2. The highest BCUT2D eigenvalue weighted by atomic mass is 16.5. The maximum atomic E-state index is 12.1. The number of nitrogens with one attached hydrogen (secondary N) is 1. The third-order valence-electron chi connectivity index (χ3n) is 3.34. The van der Waals surface area contributed by atoms with E-state index in [1.165, 1.54) is 12.0 Å². The molecule has 0 spiro atoms. The number of pyridine rings is 1. The van der Waals surface area contributed by atoms with Crippen LogP contribution in [0.4, 0.5) is 4.79 Å². The van der Waals surface area contributed by atoms with E-state index in [9.17, 15) is 9.59 Å². The van der Waals surface area contributed by atoms with Gasteiger partial charge < -0.3 is 10.1 Å². The van der Waals surface area contributed by atoms with Gasteiger partial charge in [0.15, 0.2) is 0 Å². The third kappa shape index (κ3) is 2.36. The van der Waals surface area contributed by atoms with Gasteiger partial charge in [0.05, 0.1) is 18.7 Å². The quantitative estimate of drug-likeness (QED) is 0.851. The molecule has 0 saturated carbocycles. The number of carbonyl (C=O) groups excluding carboxylic acids is 2. The molecule has 1 aliphatic rings. The second-order valence-corrected chi connectivity index (χ2v) is 4.40. The van der Waals surface area contributed by atoms with Crippen molar-refractivity contribution in [1.29, 1.82) is 0 Å². The fraction of sp³-hybridized carbons (Fsp3) is 0.357. The minimum atomic E-state index is -0.536. The Labute approximate surface area is 117 Å². The molecule has 2 heterocycles. The van der Waals surface area contributed by atoms with Crippen LogP contribution in [0, 0.1) is 0 Å². The van der Waals surface area contributed by atoms with Crippen LogP contribution in [0.2, 0.25) is 0 Å². The number of carbonyl (C=O) groups is 2. The van der Waals surface area contributed by atoms with Crippen LogP contribution in [0.5, 0.6) is 0 Å². The van der Waals surface area contributed by atoms with Crippen molar-refractivity contribution in [2.24, 2.45) is 0 Å². The Bertz CT molecular complexity index is 554. The number of esters is 1. The lowest BCUT2D eigenvalue weighted by atomic mass is 9.96. The van der Waals surface area contributed by atoms with E-state index in [-0.39, 0.29) is 6.03 Å². The zero-order chi connectivity index (χ0) is 14.7. The summed E-state index contributed by atoms with van der Waals surface area (Å²) >= 11 is 0. The number of hydrogen-bond donors (Lipinski definition) is 1. The van der Waals surface area contributed by atoms with Gasteiger partial charge in [-0.2, -0.15) is 0 Å². The Balaban J connectivity index is 2.53. The van der Waals surface area contributed by atoms with Crippen LogP contribution in [-0.4, -0.2) is 35.5 Å². The highest BCUT2D eigenvalue weighted by molar-refractivity contribution is 5.94. The Kier molecular flexibility index (Phi) is 4.02. The summed E-state index contributed by atoms with van der Waals surface area (Å²) in [6.07, 6.45) is 3.27. The van der Waals surface area contributed by atoms with Gasteiger partial charge in [-0.25, -0.2) is 9.59 Å². The smallest absolute Gasteiger partial charge is 0.337 e. The molecule has 0 unspecified atom stereocenters. The van der Waals surface area contributed by atoms with Crippen LogP contribution >= 0.6 is 0 Å². The summed E-state index contributed by atoms with van der Waals surface area (Å²) in [5.41, 5.74) is 1.79. The van der Waals surface area contributed by atoms with Crippen molar-refractivity contribution in [2.75, 3.05) is 13.7 Å². The van der Waals surface area contributed by atoms with E-state index in [0.717, 1.165) is 5.56 Å². The predicted molar refractivity (Wildman–Crippen MR) is 72.6 cm³/mol. The zero-order valence-electron chi connectivity index (χ0n) is 11.7. The number of nitrogens with zero attached hydrogens (tertiary/aromatic N) is 2. The van der Waals surface area contributed by atoms with Gasteiger partial charge in [-0.3, -0.25) is 9.88 Å². The summed E-state index contributed by atoms with van der Waals surface area (Å²) in [7, 11) is 1.33. The third-order valence-corrected chi connectivity index (χ3v) is 3.34. The van der Waals surface area contributed by atoms with Gasteiger partial charge in [0.2, 0.25) is 0 Å². The average Bonchev–Trinajstić information content (AvgIpc) is 2.47. The second kappa shape index (κ2) is 5.73. The Morgan fingerprint density at radius 3 is 2.85 bits per heavy atom. The van der Waals surface area contributed by atoms with E-state index in [4.69, 9.17) is 4.74 Å². The zero-order valence-corrected chi connectivity index (χ0v) is 11.7. The van der Waals surface area contributed by atoms with Gasteiger partial charge in [0, 0.05) is 24.6 Å². The largest absolute Gasteiger partial charge is 0.466 e. The summed E-state index contributed by atoms with van der Waals surface area (Å²) in [4.78, 5) is 29.7. The Hall–Kier alpha value is -2.37. The normalized spacial score (nSPS) is 18.9.